The van der Waals surface area contributed by atoms with Crippen molar-refractivity contribution < 1.29 is 24.9 Å². The number of phenolic OH excluding ortho intramolecular Hbond substituents is 2. The number of hydrogen-bond donors (Lipinski definition) is 3. The third-order valence-corrected chi connectivity index (χ3v) is 3.54. The molecule has 114 valence electrons. The summed E-state index contributed by atoms with van der Waals surface area (Å²) in [5, 5.41) is 29.3. The first kappa shape index (κ1) is 15.6. The van der Waals surface area contributed by atoms with Crippen LogP contribution in [0.4, 0.5) is 0 Å². The second kappa shape index (κ2) is 6.30. The number of rotatable bonds is 5. The molecule has 0 aliphatic rings. The molecule has 0 spiro atoms. The van der Waals surface area contributed by atoms with E-state index in [4.69, 9.17) is 5.11 Å². The Labute approximate surface area is 127 Å². The Bertz CT molecular complexity index is 706. The molecule has 0 aliphatic heterocycles. The Morgan fingerprint density at radius 3 is 2.18 bits per heavy atom. The molecule has 22 heavy (non-hydrogen) atoms. The number of ketones is 1. The number of phenols is 2. The zero-order valence-electron chi connectivity index (χ0n) is 12.0. The summed E-state index contributed by atoms with van der Waals surface area (Å²) in [6, 6.07) is 11.0. The first-order valence-corrected chi connectivity index (χ1v) is 6.84. The predicted molar refractivity (Wildman–Crippen MR) is 80.3 cm³/mol. The minimum absolute atomic E-state index is 0.0623. The van der Waals surface area contributed by atoms with Crippen LogP contribution in [0.25, 0.3) is 0 Å². The normalized spacial score (nSPS) is 11.9. The van der Waals surface area contributed by atoms with E-state index in [1.807, 2.05) is 0 Å². The Hall–Kier alpha value is -2.82. The van der Waals surface area contributed by atoms with Crippen molar-refractivity contribution in [2.24, 2.45) is 0 Å². The Morgan fingerprint density at radius 1 is 1.00 bits per heavy atom. The maximum absolute atomic E-state index is 12.3. The van der Waals surface area contributed by atoms with E-state index in [-0.39, 0.29) is 17.5 Å². The molecule has 2 rings (SSSR count). The van der Waals surface area contributed by atoms with Gasteiger partial charge in [-0.15, -0.1) is 0 Å². The van der Waals surface area contributed by atoms with E-state index >= 15 is 0 Å². The number of carbonyl (C=O) groups excluding carboxylic acids is 1. The molecule has 0 bridgehead atoms. The van der Waals surface area contributed by atoms with Crippen molar-refractivity contribution in [3.05, 3.63) is 59.2 Å². The minimum Gasteiger partial charge on any atom is -0.504 e. The SMILES string of the molecule is CCC(C(=O)O)c1ccc(C(=O)c2ccccc2)c(O)c1O. The molecule has 0 heterocycles. The first-order valence-electron chi connectivity index (χ1n) is 6.84. The molecule has 0 aliphatic carbocycles. The van der Waals surface area contributed by atoms with E-state index in [9.17, 15) is 19.8 Å². The lowest BCUT2D eigenvalue weighted by molar-refractivity contribution is -0.138. The van der Waals surface area contributed by atoms with Crippen LogP contribution in [-0.4, -0.2) is 27.1 Å². The molecular weight excluding hydrogens is 284 g/mol. The van der Waals surface area contributed by atoms with Crippen LogP contribution >= 0.6 is 0 Å². The van der Waals surface area contributed by atoms with E-state index < -0.39 is 29.2 Å². The molecule has 5 heteroatoms. The van der Waals surface area contributed by atoms with Crippen molar-refractivity contribution in [1.82, 2.24) is 0 Å². The van der Waals surface area contributed by atoms with Crippen molar-refractivity contribution in [3.8, 4) is 11.5 Å². The van der Waals surface area contributed by atoms with Gasteiger partial charge >= 0.3 is 5.97 Å². The summed E-state index contributed by atoms with van der Waals surface area (Å²) >= 11 is 0. The van der Waals surface area contributed by atoms with Gasteiger partial charge in [0.25, 0.3) is 0 Å². The average Bonchev–Trinajstić information content (AvgIpc) is 2.52. The highest BCUT2D eigenvalue weighted by Crippen LogP contribution is 2.38. The predicted octanol–water partition coefficient (Wildman–Crippen LogP) is 2.91. The number of carbonyl (C=O) groups is 2. The molecule has 3 N–H and O–H groups in total. The van der Waals surface area contributed by atoms with Crippen LogP contribution in [0.3, 0.4) is 0 Å². The summed E-state index contributed by atoms with van der Waals surface area (Å²) in [6.07, 6.45) is 0.258. The third-order valence-electron chi connectivity index (χ3n) is 3.54. The molecule has 5 nitrogen and oxygen atoms in total. The number of carboxylic acids is 1. The summed E-state index contributed by atoms with van der Waals surface area (Å²) in [6.45, 7) is 1.66. The molecule has 0 amide bonds. The van der Waals surface area contributed by atoms with E-state index in [1.54, 1.807) is 37.3 Å². The Balaban J connectivity index is 2.47. The number of aliphatic carboxylic acids is 1. The maximum Gasteiger partial charge on any atom is 0.311 e. The fraction of sp³-hybridized carbons (Fsp3) is 0.176. The zero-order chi connectivity index (χ0) is 16.3. The molecule has 1 unspecified atom stereocenters. The lowest BCUT2D eigenvalue weighted by Crippen LogP contribution is -2.11. The molecule has 0 saturated carbocycles. The van der Waals surface area contributed by atoms with Gasteiger partial charge in [-0.3, -0.25) is 9.59 Å². The van der Waals surface area contributed by atoms with Crippen molar-refractivity contribution in [3.63, 3.8) is 0 Å². The smallest absolute Gasteiger partial charge is 0.311 e. The van der Waals surface area contributed by atoms with Crippen molar-refractivity contribution in [2.75, 3.05) is 0 Å². The molecule has 0 fully saturated rings. The van der Waals surface area contributed by atoms with Crippen LogP contribution in [0.5, 0.6) is 11.5 Å². The van der Waals surface area contributed by atoms with Gasteiger partial charge in [-0.05, 0) is 12.5 Å². The summed E-state index contributed by atoms with van der Waals surface area (Å²) in [5.41, 5.74) is 0.403. The van der Waals surface area contributed by atoms with E-state index in [2.05, 4.69) is 0 Å². The highest BCUT2D eigenvalue weighted by atomic mass is 16.4. The topological polar surface area (TPSA) is 94.8 Å². The standard InChI is InChI=1S/C17H16O5/c1-2-11(17(21)22)12-8-9-13(16(20)15(12)19)14(18)10-6-4-3-5-7-10/h3-9,11,19-20H,2H2,1H3,(H,21,22). The summed E-state index contributed by atoms with van der Waals surface area (Å²) < 4.78 is 0. The molecular formula is C17H16O5. The Morgan fingerprint density at radius 2 is 1.64 bits per heavy atom. The molecule has 0 radical (unpaired) electrons. The molecule has 1 atom stereocenters. The number of aromatic hydroxyl groups is 2. The van der Waals surface area contributed by atoms with Gasteiger partial charge in [-0.1, -0.05) is 43.3 Å². The van der Waals surface area contributed by atoms with Gasteiger partial charge in [0.1, 0.15) is 0 Å². The van der Waals surface area contributed by atoms with Crippen LogP contribution in [0, 0.1) is 0 Å². The van der Waals surface area contributed by atoms with E-state index in [1.165, 1.54) is 12.1 Å². The molecule has 0 aromatic heterocycles. The van der Waals surface area contributed by atoms with Crippen LogP contribution < -0.4 is 0 Å². The van der Waals surface area contributed by atoms with Crippen molar-refractivity contribution in [1.29, 1.82) is 0 Å². The van der Waals surface area contributed by atoms with Gasteiger partial charge in [0, 0.05) is 11.1 Å². The van der Waals surface area contributed by atoms with Crippen molar-refractivity contribution >= 4 is 11.8 Å². The number of hydrogen-bond acceptors (Lipinski definition) is 4. The highest BCUT2D eigenvalue weighted by Gasteiger charge is 2.25. The average molecular weight is 300 g/mol. The highest BCUT2D eigenvalue weighted by molar-refractivity contribution is 6.11. The quantitative estimate of drug-likeness (QED) is 0.583. The fourth-order valence-corrected chi connectivity index (χ4v) is 2.33. The summed E-state index contributed by atoms with van der Waals surface area (Å²) in [5.74, 6) is -3.63. The second-order valence-corrected chi connectivity index (χ2v) is 4.89. The monoisotopic (exact) mass is 300 g/mol. The fourth-order valence-electron chi connectivity index (χ4n) is 2.33. The van der Waals surface area contributed by atoms with Crippen LogP contribution in [0.15, 0.2) is 42.5 Å². The zero-order valence-corrected chi connectivity index (χ0v) is 12.0. The van der Waals surface area contributed by atoms with Gasteiger partial charge in [-0.25, -0.2) is 0 Å². The number of carboxylic acid groups (broad SMARTS) is 1. The molecule has 2 aromatic rings. The first-order chi connectivity index (χ1) is 10.5. The van der Waals surface area contributed by atoms with E-state index in [0.29, 0.717) is 5.56 Å². The van der Waals surface area contributed by atoms with Crippen LogP contribution in [0.1, 0.15) is 40.7 Å². The lowest BCUT2D eigenvalue weighted by Gasteiger charge is -2.14. The van der Waals surface area contributed by atoms with Crippen molar-refractivity contribution in [2.45, 2.75) is 19.3 Å². The maximum atomic E-state index is 12.3. The second-order valence-electron chi connectivity index (χ2n) is 4.89. The van der Waals surface area contributed by atoms with E-state index in [0.717, 1.165) is 0 Å². The van der Waals surface area contributed by atoms with Gasteiger partial charge in [-0.2, -0.15) is 0 Å². The van der Waals surface area contributed by atoms with Crippen LogP contribution in [-0.2, 0) is 4.79 Å². The Kier molecular flexibility index (Phi) is 4.46. The largest absolute Gasteiger partial charge is 0.504 e. The van der Waals surface area contributed by atoms with Gasteiger partial charge < -0.3 is 15.3 Å². The minimum atomic E-state index is -1.10. The van der Waals surface area contributed by atoms with Crippen LogP contribution in [0.2, 0.25) is 0 Å². The van der Waals surface area contributed by atoms with Gasteiger partial charge in [0.2, 0.25) is 0 Å². The third kappa shape index (κ3) is 2.79. The van der Waals surface area contributed by atoms with Gasteiger partial charge in [0.05, 0.1) is 11.5 Å². The summed E-state index contributed by atoms with van der Waals surface area (Å²) in [4.78, 5) is 23.5. The summed E-state index contributed by atoms with van der Waals surface area (Å²) in [7, 11) is 0. The lowest BCUT2D eigenvalue weighted by atomic mass is 9.92. The number of benzene rings is 2. The molecule has 0 saturated heterocycles. The molecule has 2 aromatic carbocycles. The van der Waals surface area contributed by atoms with Gasteiger partial charge in [0.15, 0.2) is 17.3 Å².